The highest BCUT2D eigenvalue weighted by Gasteiger charge is 2.26. The Morgan fingerprint density at radius 1 is 1.24 bits per heavy atom. The van der Waals surface area contributed by atoms with Gasteiger partial charge in [-0.25, -0.2) is 4.79 Å². The number of aliphatic imine (C=N–C) groups is 1. The molecule has 0 radical (unpaired) electrons. The monoisotopic (exact) mass is 430 g/mol. The summed E-state index contributed by atoms with van der Waals surface area (Å²) in [7, 11) is -0.747. The number of nitrogens with one attached hydrogen (secondary N) is 3. The predicted octanol–water partition coefficient (Wildman–Crippen LogP) is 3.17. The number of rotatable bonds is 8. The maximum Gasteiger partial charge on any atom is 0.407 e. The van der Waals surface area contributed by atoms with Crippen LogP contribution in [-0.2, 0) is 15.5 Å². The topological polar surface area (TPSA) is 91.8 Å². The number of carbonyl (C=O) groups excluding carboxylic acids is 1. The molecular formula is C21H42N4O3S. The average molecular weight is 431 g/mol. The molecular weight excluding hydrogens is 388 g/mol. The molecule has 0 saturated heterocycles. The van der Waals surface area contributed by atoms with Gasteiger partial charge in [0.15, 0.2) is 5.96 Å². The number of carbonyl (C=O) groups is 1. The first-order valence-electron chi connectivity index (χ1n) is 11.0. The zero-order chi connectivity index (χ0) is 22.0. The lowest BCUT2D eigenvalue weighted by atomic mass is 9.95. The molecule has 1 fully saturated rings. The van der Waals surface area contributed by atoms with Crippen LogP contribution in [0.2, 0.25) is 0 Å². The van der Waals surface area contributed by atoms with Crippen molar-refractivity contribution in [1.29, 1.82) is 0 Å². The Morgan fingerprint density at radius 3 is 2.48 bits per heavy atom. The van der Waals surface area contributed by atoms with E-state index < -0.39 is 22.5 Å². The van der Waals surface area contributed by atoms with Crippen LogP contribution in [0.25, 0.3) is 0 Å². The molecule has 1 amide bonds. The summed E-state index contributed by atoms with van der Waals surface area (Å²) in [5.74, 6) is 1.69. The van der Waals surface area contributed by atoms with Crippen LogP contribution in [0, 0.1) is 5.92 Å². The molecule has 0 aliphatic heterocycles. The number of hydrogen-bond acceptors (Lipinski definition) is 4. The fourth-order valence-corrected chi connectivity index (χ4v) is 4.68. The zero-order valence-corrected chi connectivity index (χ0v) is 20.2. The first-order chi connectivity index (χ1) is 13.6. The van der Waals surface area contributed by atoms with Gasteiger partial charge in [0, 0.05) is 34.4 Å². The Hall–Kier alpha value is -1.31. The minimum atomic E-state index is -0.747. The first kappa shape index (κ1) is 25.7. The molecule has 1 aliphatic rings. The molecule has 7 nitrogen and oxygen atoms in total. The van der Waals surface area contributed by atoms with Crippen LogP contribution in [0.1, 0.15) is 74.1 Å². The normalized spacial score (nSPS) is 22.7. The van der Waals surface area contributed by atoms with E-state index in [1.807, 2.05) is 34.6 Å². The molecule has 1 aliphatic carbocycles. The second-order valence-electron chi connectivity index (χ2n) is 9.02. The standard InChI is InChI=1S/C21H42N4O3S/c1-8-22-19(24-16-11-10-12-17(13-16)29(27)9-2)23-14-18(15(3)4)25-20(26)28-21(5,6)7/h15-18H,8-14H2,1-7H3,(H,25,26)(H2,22,23,24). The van der Waals surface area contributed by atoms with E-state index in [0.29, 0.717) is 6.54 Å². The molecule has 0 spiro atoms. The summed E-state index contributed by atoms with van der Waals surface area (Å²) in [4.78, 5) is 16.9. The second-order valence-corrected chi connectivity index (χ2v) is 11.0. The molecule has 0 aromatic carbocycles. The van der Waals surface area contributed by atoms with Gasteiger partial charge in [0.25, 0.3) is 0 Å². The second kappa shape index (κ2) is 12.4. The van der Waals surface area contributed by atoms with Gasteiger partial charge < -0.3 is 20.7 Å². The summed E-state index contributed by atoms with van der Waals surface area (Å²) in [6.07, 6.45) is 3.69. The van der Waals surface area contributed by atoms with Crippen LogP contribution in [0.3, 0.4) is 0 Å². The summed E-state index contributed by atoms with van der Waals surface area (Å²) in [5, 5.41) is 10.0. The summed E-state index contributed by atoms with van der Waals surface area (Å²) in [5.41, 5.74) is -0.526. The highest BCUT2D eigenvalue weighted by Crippen LogP contribution is 2.23. The molecule has 4 atom stereocenters. The lowest BCUT2D eigenvalue weighted by molar-refractivity contribution is 0.0493. The van der Waals surface area contributed by atoms with Crippen LogP contribution in [0.4, 0.5) is 4.79 Å². The van der Waals surface area contributed by atoms with Crippen LogP contribution in [0.5, 0.6) is 0 Å². The number of ether oxygens (including phenoxy) is 1. The Bertz CT molecular complexity index is 561. The van der Waals surface area contributed by atoms with Gasteiger partial charge in [-0.1, -0.05) is 27.2 Å². The minimum absolute atomic E-state index is 0.119. The predicted molar refractivity (Wildman–Crippen MR) is 122 cm³/mol. The van der Waals surface area contributed by atoms with Gasteiger partial charge in [-0.05, 0) is 52.9 Å². The molecule has 0 bridgehead atoms. The molecule has 0 aromatic heterocycles. The Kier molecular flexibility index (Phi) is 11.0. The van der Waals surface area contributed by atoms with E-state index in [2.05, 4.69) is 29.8 Å². The number of guanidine groups is 1. The summed E-state index contributed by atoms with van der Waals surface area (Å²) < 4.78 is 17.6. The van der Waals surface area contributed by atoms with Crippen molar-refractivity contribution in [1.82, 2.24) is 16.0 Å². The molecule has 0 heterocycles. The SMILES string of the molecule is CCNC(=NCC(NC(=O)OC(C)(C)C)C(C)C)NC1CCCC(S(=O)CC)C1. The number of alkyl carbamates (subject to hydrolysis) is 1. The highest BCUT2D eigenvalue weighted by molar-refractivity contribution is 7.85. The number of amides is 1. The molecule has 3 N–H and O–H groups in total. The fraction of sp³-hybridized carbons (Fsp3) is 0.905. The van der Waals surface area contributed by atoms with Gasteiger partial charge in [0.1, 0.15) is 5.60 Å². The molecule has 1 saturated carbocycles. The minimum Gasteiger partial charge on any atom is -0.444 e. The van der Waals surface area contributed by atoms with Crippen LogP contribution < -0.4 is 16.0 Å². The van der Waals surface area contributed by atoms with Crippen molar-refractivity contribution in [3.8, 4) is 0 Å². The van der Waals surface area contributed by atoms with E-state index in [1.165, 1.54) is 0 Å². The number of hydrogen-bond donors (Lipinski definition) is 3. The third-order valence-corrected chi connectivity index (χ3v) is 6.66. The molecule has 29 heavy (non-hydrogen) atoms. The molecule has 1 rings (SSSR count). The summed E-state index contributed by atoms with van der Waals surface area (Å²) in [6.45, 7) is 14.9. The zero-order valence-electron chi connectivity index (χ0n) is 19.3. The van der Waals surface area contributed by atoms with Gasteiger partial charge >= 0.3 is 6.09 Å². The molecule has 4 unspecified atom stereocenters. The summed E-state index contributed by atoms with van der Waals surface area (Å²) in [6, 6.07) is 0.158. The van der Waals surface area contributed by atoms with Crippen molar-refractivity contribution >= 4 is 22.9 Å². The Morgan fingerprint density at radius 2 is 1.93 bits per heavy atom. The van der Waals surface area contributed by atoms with Gasteiger partial charge in [0.2, 0.25) is 0 Å². The van der Waals surface area contributed by atoms with Crippen molar-refractivity contribution < 1.29 is 13.7 Å². The Balaban J connectivity index is 2.72. The fourth-order valence-electron chi connectivity index (χ4n) is 3.34. The first-order valence-corrected chi connectivity index (χ1v) is 12.3. The van der Waals surface area contributed by atoms with Gasteiger partial charge in [-0.15, -0.1) is 0 Å². The van der Waals surface area contributed by atoms with E-state index in [-0.39, 0.29) is 23.3 Å². The average Bonchev–Trinajstić information content (AvgIpc) is 2.63. The van der Waals surface area contributed by atoms with Gasteiger partial charge in [-0.2, -0.15) is 0 Å². The van der Waals surface area contributed by atoms with Crippen molar-refractivity contribution in [3.05, 3.63) is 0 Å². The van der Waals surface area contributed by atoms with Crippen molar-refractivity contribution in [2.24, 2.45) is 10.9 Å². The largest absolute Gasteiger partial charge is 0.444 e. The van der Waals surface area contributed by atoms with E-state index in [9.17, 15) is 9.00 Å². The van der Waals surface area contributed by atoms with Crippen LogP contribution >= 0.6 is 0 Å². The smallest absolute Gasteiger partial charge is 0.407 e. The van der Waals surface area contributed by atoms with Crippen molar-refractivity contribution in [3.63, 3.8) is 0 Å². The highest BCUT2D eigenvalue weighted by atomic mass is 32.2. The third-order valence-electron chi connectivity index (χ3n) is 4.92. The van der Waals surface area contributed by atoms with Crippen molar-refractivity contribution in [2.75, 3.05) is 18.8 Å². The summed E-state index contributed by atoms with van der Waals surface area (Å²) >= 11 is 0. The maximum atomic E-state index is 12.2. The molecule has 0 aromatic rings. The van der Waals surface area contributed by atoms with Crippen LogP contribution in [0.15, 0.2) is 4.99 Å². The van der Waals surface area contributed by atoms with E-state index >= 15 is 0 Å². The lowest BCUT2D eigenvalue weighted by Crippen LogP contribution is -2.48. The third kappa shape index (κ3) is 10.3. The quantitative estimate of drug-likeness (QED) is 0.406. The van der Waals surface area contributed by atoms with Gasteiger partial charge in [-0.3, -0.25) is 9.20 Å². The van der Waals surface area contributed by atoms with E-state index in [4.69, 9.17) is 9.73 Å². The van der Waals surface area contributed by atoms with E-state index in [0.717, 1.165) is 43.9 Å². The van der Waals surface area contributed by atoms with E-state index in [1.54, 1.807) is 0 Å². The lowest BCUT2D eigenvalue weighted by Gasteiger charge is -2.30. The molecule has 8 heteroatoms. The maximum absolute atomic E-state index is 12.2. The molecule has 170 valence electrons. The van der Waals surface area contributed by atoms with Gasteiger partial charge in [0.05, 0.1) is 12.6 Å². The van der Waals surface area contributed by atoms with Crippen molar-refractivity contribution in [2.45, 2.75) is 97.1 Å². The Labute approximate surface area is 179 Å². The number of nitrogens with zero attached hydrogens (tertiary/aromatic N) is 1. The van der Waals surface area contributed by atoms with Crippen LogP contribution in [-0.4, -0.2) is 58.0 Å².